The Kier molecular flexibility index (Phi) is 3.57. The van der Waals surface area contributed by atoms with Crippen molar-refractivity contribution in [1.82, 2.24) is 0 Å². The first kappa shape index (κ1) is 14.5. The molecular formula is C19H22N2O. The van der Waals surface area contributed by atoms with Gasteiger partial charge in [-0.2, -0.15) is 0 Å². The van der Waals surface area contributed by atoms with Gasteiger partial charge in [0.1, 0.15) is 5.75 Å². The third-order valence-corrected chi connectivity index (χ3v) is 3.97. The van der Waals surface area contributed by atoms with Crippen LogP contribution in [0.2, 0.25) is 0 Å². The van der Waals surface area contributed by atoms with Crippen LogP contribution in [0.25, 0.3) is 0 Å². The third-order valence-electron chi connectivity index (χ3n) is 3.97. The molecule has 3 heteroatoms. The molecular weight excluding hydrogens is 272 g/mol. The summed E-state index contributed by atoms with van der Waals surface area (Å²) < 4.78 is 0. The fourth-order valence-electron chi connectivity index (χ4n) is 2.58. The Balaban J connectivity index is 1.86. The summed E-state index contributed by atoms with van der Waals surface area (Å²) in [6.45, 7) is 7.24. The average molecular weight is 294 g/mol. The van der Waals surface area contributed by atoms with Crippen molar-refractivity contribution in [3.05, 3.63) is 66.5 Å². The van der Waals surface area contributed by atoms with Crippen LogP contribution in [0.3, 0.4) is 0 Å². The molecule has 0 atom stereocenters. The first-order valence-corrected chi connectivity index (χ1v) is 7.55. The van der Waals surface area contributed by atoms with Gasteiger partial charge in [0, 0.05) is 18.1 Å². The summed E-state index contributed by atoms with van der Waals surface area (Å²) in [6, 6.07) is 16.1. The molecule has 0 aromatic heterocycles. The minimum atomic E-state index is 0.0605. The minimum Gasteiger partial charge on any atom is -0.506 e. The maximum atomic E-state index is 10.2. The quantitative estimate of drug-likeness (QED) is 0.886. The monoisotopic (exact) mass is 294 g/mol. The molecule has 1 aliphatic heterocycles. The number of benzene rings is 2. The van der Waals surface area contributed by atoms with Gasteiger partial charge in [0.2, 0.25) is 0 Å². The Morgan fingerprint density at radius 2 is 1.59 bits per heavy atom. The van der Waals surface area contributed by atoms with Gasteiger partial charge in [-0.25, -0.2) is 0 Å². The third kappa shape index (κ3) is 2.80. The highest BCUT2D eigenvalue weighted by Gasteiger charge is 2.21. The molecule has 1 aliphatic rings. The van der Waals surface area contributed by atoms with Gasteiger partial charge in [-0.1, -0.05) is 45.0 Å². The molecule has 0 unspecified atom stereocenters. The van der Waals surface area contributed by atoms with Crippen molar-refractivity contribution in [2.24, 2.45) is 0 Å². The zero-order chi connectivity index (χ0) is 15.7. The maximum absolute atomic E-state index is 10.2. The number of hydrogen-bond acceptors (Lipinski definition) is 3. The molecule has 0 saturated carbocycles. The largest absolute Gasteiger partial charge is 0.506 e. The number of phenolic OH excluding ortho intramolecular Hbond substituents is 1. The van der Waals surface area contributed by atoms with Crippen LogP contribution >= 0.6 is 0 Å². The maximum Gasteiger partial charge on any atom is 0.139 e. The number of rotatable bonds is 2. The van der Waals surface area contributed by atoms with E-state index in [0.717, 1.165) is 11.4 Å². The smallest absolute Gasteiger partial charge is 0.139 e. The van der Waals surface area contributed by atoms with Crippen molar-refractivity contribution in [1.29, 1.82) is 0 Å². The highest BCUT2D eigenvalue weighted by atomic mass is 16.3. The first-order valence-electron chi connectivity index (χ1n) is 7.55. The number of phenols is 1. The first-order chi connectivity index (χ1) is 10.4. The van der Waals surface area contributed by atoms with Crippen molar-refractivity contribution in [3.8, 4) is 5.75 Å². The summed E-state index contributed by atoms with van der Waals surface area (Å²) in [4.78, 5) is 4.22. The van der Waals surface area contributed by atoms with Crippen molar-refractivity contribution < 1.29 is 5.11 Å². The molecule has 0 spiro atoms. The summed E-state index contributed by atoms with van der Waals surface area (Å²) in [5.74, 6) is 0.313. The van der Waals surface area contributed by atoms with Crippen LogP contribution < -0.4 is 9.80 Å². The topological polar surface area (TPSA) is 26.7 Å². The number of hydrogen-bond donors (Lipinski definition) is 1. The van der Waals surface area contributed by atoms with E-state index >= 15 is 0 Å². The van der Waals surface area contributed by atoms with Crippen LogP contribution in [-0.2, 0) is 5.41 Å². The van der Waals surface area contributed by atoms with E-state index in [2.05, 4.69) is 48.8 Å². The summed E-state index contributed by atoms with van der Waals surface area (Å²) >= 11 is 0. The van der Waals surface area contributed by atoms with Crippen LogP contribution in [0.5, 0.6) is 5.75 Å². The fraction of sp³-hybridized carbons (Fsp3) is 0.263. The van der Waals surface area contributed by atoms with Gasteiger partial charge in [0.25, 0.3) is 0 Å². The molecule has 3 rings (SSSR count). The molecule has 0 radical (unpaired) electrons. The highest BCUT2D eigenvalue weighted by Crippen LogP contribution is 2.35. The molecule has 22 heavy (non-hydrogen) atoms. The molecule has 1 heterocycles. The minimum absolute atomic E-state index is 0.0605. The van der Waals surface area contributed by atoms with Gasteiger partial charge in [0.05, 0.1) is 12.4 Å². The molecule has 2 aromatic carbocycles. The summed E-state index contributed by atoms with van der Waals surface area (Å²) in [5.41, 5.74) is 3.27. The predicted molar refractivity (Wildman–Crippen MR) is 92.2 cm³/mol. The average Bonchev–Trinajstić information content (AvgIpc) is 2.97. The lowest BCUT2D eigenvalue weighted by Gasteiger charge is -2.25. The second-order valence-electron chi connectivity index (χ2n) is 6.67. The Morgan fingerprint density at radius 3 is 2.27 bits per heavy atom. The van der Waals surface area contributed by atoms with E-state index in [0.29, 0.717) is 12.4 Å². The second-order valence-corrected chi connectivity index (χ2v) is 6.67. The fourth-order valence-corrected chi connectivity index (χ4v) is 2.58. The van der Waals surface area contributed by atoms with E-state index in [9.17, 15) is 5.11 Å². The summed E-state index contributed by atoms with van der Waals surface area (Å²) in [7, 11) is 0. The normalized spacial score (nSPS) is 14.7. The van der Waals surface area contributed by atoms with Gasteiger partial charge >= 0.3 is 0 Å². The van der Waals surface area contributed by atoms with Crippen molar-refractivity contribution >= 4 is 11.4 Å². The molecule has 2 aromatic rings. The van der Waals surface area contributed by atoms with Crippen LogP contribution in [0, 0.1) is 0 Å². The van der Waals surface area contributed by atoms with Gasteiger partial charge in [-0.15, -0.1) is 0 Å². The lowest BCUT2D eigenvalue weighted by atomic mass is 9.86. The van der Waals surface area contributed by atoms with Crippen molar-refractivity contribution in [2.45, 2.75) is 26.2 Å². The van der Waals surface area contributed by atoms with Gasteiger partial charge in [-0.05, 0) is 35.2 Å². The van der Waals surface area contributed by atoms with E-state index in [1.165, 1.54) is 5.56 Å². The Morgan fingerprint density at radius 1 is 0.909 bits per heavy atom. The zero-order valence-electron chi connectivity index (χ0n) is 13.3. The van der Waals surface area contributed by atoms with E-state index in [1.54, 1.807) is 6.07 Å². The zero-order valence-corrected chi connectivity index (χ0v) is 13.3. The number of para-hydroxylation sites is 1. The molecule has 0 aliphatic carbocycles. The Labute approximate surface area is 132 Å². The van der Waals surface area contributed by atoms with Crippen LogP contribution in [0.1, 0.15) is 26.3 Å². The highest BCUT2D eigenvalue weighted by molar-refractivity contribution is 5.65. The molecule has 114 valence electrons. The van der Waals surface area contributed by atoms with E-state index < -0.39 is 0 Å². The second kappa shape index (κ2) is 5.41. The van der Waals surface area contributed by atoms with Crippen LogP contribution in [0.15, 0.2) is 60.9 Å². The Hall–Kier alpha value is -2.42. The molecule has 1 N–H and O–H groups in total. The van der Waals surface area contributed by atoms with E-state index in [4.69, 9.17) is 0 Å². The standard InChI is InChI=1S/C19H22N2O/c1-19(2,3)15-9-10-18(22)17(13-15)21-12-11-20(14-21)16-7-5-4-6-8-16/h4-13,22H,14H2,1-3H3. The lowest BCUT2D eigenvalue weighted by molar-refractivity contribution is 0.474. The number of aromatic hydroxyl groups is 1. The van der Waals surface area contributed by atoms with Crippen LogP contribution in [0.4, 0.5) is 11.4 Å². The molecule has 0 fully saturated rings. The number of nitrogens with zero attached hydrogens (tertiary/aromatic N) is 2. The molecule has 3 nitrogen and oxygen atoms in total. The molecule has 0 bridgehead atoms. The molecule has 0 amide bonds. The van der Waals surface area contributed by atoms with Gasteiger partial charge < -0.3 is 14.9 Å². The SMILES string of the molecule is CC(C)(C)c1ccc(O)c(N2C=CN(c3ccccc3)C2)c1. The molecule has 0 saturated heterocycles. The Bertz CT molecular complexity index is 686. The predicted octanol–water partition coefficient (Wildman–Crippen LogP) is 4.45. The van der Waals surface area contributed by atoms with Gasteiger partial charge in [-0.3, -0.25) is 0 Å². The van der Waals surface area contributed by atoms with Crippen LogP contribution in [-0.4, -0.2) is 11.8 Å². The van der Waals surface area contributed by atoms with Crippen molar-refractivity contribution in [2.75, 3.05) is 16.5 Å². The lowest BCUT2D eigenvalue weighted by Crippen LogP contribution is -2.25. The van der Waals surface area contributed by atoms with E-state index in [-0.39, 0.29) is 5.41 Å². The summed E-state index contributed by atoms with van der Waals surface area (Å²) in [5, 5.41) is 10.2. The number of anilines is 2. The van der Waals surface area contributed by atoms with E-state index in [1.807, 2.05) is 36.7 Å². The summed E-state index contributed by atoms with van der Waals surface area (Å²) in [6.07, 6.45) is 4.05. The van der Waals surface area contributed by atoms with Crippen molar-refractivity contribution in [3.63, 3.8) is 0 Å². The van der Waals surface area contributed by atoms with Gasteiger partial charge in [0.15, 0.2) is 0 Å².